The van der Waals surface area contributed by atoms with Crippen molar-refractivity contribution < 1.29 is 13.9 Å². The van der Waals surface area contributed by atoms with Gasteiger partial charge in [-0.1, -0.05) is 19.1 Å². The number of benzene rings is 1. The number of carbonyl (C=O) groups excluding carboxylic acids is 1. The Labute approximate surface area is 140 Å². The molecule has 2 unspecified atom stereocenters. The van der Waals surface area contributed by atoms with Gasteiger partial charge in [-0.15, -0.1) is 0 Å². The lowest BCUT2D eigenvalue weighted by atomic mass is 10.0. The van der Waals surface area contributed by atoms with E-state index in [4.69, 9.17) is 4.74 Å². The molecule has 126 valence electrons. The number of halogens is 1. The summed E-state index contributed by atoms with van der Waals surface area (Å²) in [7, 11) is 1.54. The molecule has 24 heavy (non-hydrogen) atoms. The van der Waals surface area contributed by atoms with Gasteiger partial charge in [0.15, 0.2) is 0 Å². The fraction of sp³-hybridized carbons (Fsp3) is 0.333. The van der Waals surface area contributed by atoms with E-state index in [2.05, 4.69) is 17.2 Å². The molecule has 1 saturated heterocycles. The molecule has 0 spiro atoms. The van der Waals surface area contributed by atoms with Gasteiger partial charge in [0.2, 0.25) is 5.88 Å². The topological polar surface area (TPSA) is 54.5 Å². The number of rotatable bonds is 3. The van der Waals surface area contributed by atoms with E-state index >= 15 is 0 Å². The van der Waals surface area contributed by atoms with Crippen molar-refractivity contribution in [3.8, 4) is 5.88 Å². The molecule has 2 atom stereocenters. The van der Waals surface area contributed by atoms with E-state index in [1.54, 1.807) is 29.3 Å². The number of hydrogen-bond donors (Lipinski definition) is 1. The molecule has 5 nitrogen and oxygen atoms in total. The zero-order valence-electron chi connectivity index (χ0n) is 13.7. The van der Waals surface area contributed by atoms with Gasteiger partial charge in [0, 0.05) is 12.6 Å². The van der Waals surface area contributed by atoms with E-state index in [1.807, 2.05) is 6.07 Å². The largest absolute Gasteiger partial charge is 0.481 e. The molecular weight excluding hydrogens is 309 g/mol. The fourth-order valence-electron chi connectivity index (χ4n) is 3.07. The molecule has 0 bridgehead atoms. The Morgan fingerprint density at radius 1 is 1.38 bits per heavy atom. The molecule has 0 saturated carbocycles. The minimum Gasteiger partial charge on any atom is -0.481 e. The summed E-state index contributed by atoms with van der Waals surface area (Å²) >= 11 is 0. The molecular formula is C18H20FN3O2. The molecule has 1 aromatic carbocycles. The number of hydrogen-bond acceptors (Lipinski definition) is 3. The van der Waals surface area contributed by atoms with E-state index in [0.717, 1.165) is 12.0 Å². The average molecular weight is 329 g/mol. The first-order valence-corrected chi connectivity index (χ1v) is 7.90. The SMILES string of the molecule is COc1ccc(NC(=O)N2CC(C)CC2c2cccc(F)c2)cn1. The molecule has 2 heterocycles. The van der Waals surface area contributed by atoms with Crippen LogP contribution in [0, 0.1) is 11.7 Å². The molecule has 3 rings (SSSR count). The van der Waals surface area contributed by atoms with Crippen LogP contribution in [0.1, 0.15) is 24.9 Å². The van der Waals surface area contributed by atoms with Crippen LogP contribution in [0.4, 0.5) is 14.9 Å². The second-order valence-electron chi connectivity index (χ2n) is 6.08. The number of likely N-dealkylation sites (tertiary alicyclic amines) is 1. The van der Waals surface area contributed by atoms with Crippen LogP contribution in [0.25, 0.3) is 0 Å². The summed E-state index contributed by atoms with van der Waals surface area (Å²) in [5.74, 6) is 0.560. The van der Waals surface area contributed by atoms with Crippen LogP contribution in [-0.2, 0) is 0 Å². The molecule has 2 aromatic rings. The summed E-state index contributed by atoms with van der Waals surface area (Å²) < 4.78 is 18.5. The Kier molecular flexibility index (Phi) is 4.64. The number of anilines is 1. The molecule has 6 heteroatoms. The lowest BCUT2D eigenvalue weighted by Gasteiger charge is -2.25. The number of carbonyl (C=O) groups is 1. The minimum atomic E-state index is -0.285. The Morgan fingerprint density at radius 3 is 2.88 bits per heavy atom. The summed E-state index contributed by atoms with van der Waals surface area (Å²) in [5.41, 5.74) is 1.42. The first kappa shape index (κ1) is 16.2. The standard InChI is InChI=1S/C18H20FN3O2/c1-12-8-16(13-4-3-5-14(19)9-13)22(11-12)18(23)21-15-6-7-17(24-2)20-10-15/h3-7,9-10,12,16H,8,11H2,1-2H3,(H,21,23). The summed E-state index contributed by atoms with van der Waals surface area (Å²) in [6.45, 7) is 2.73. The zero-order chi connectivity index (χ0) is 17.1. The number of amides is 2. The second-order valence-corrected chi connectivity index (χ2v) is 6.08. The average Bonchev–Trinajstić information content (AvgIpc) is 2.98. The van der Waals surface area contributed by atoms with Crippen molar-refractivity contribution in [3.05, 3.63) is 54.0 Å². The summed E-state index contributed by atoms with van der Waals surface area (Å²) in [6.07, 6.45) is 2.37. The van der Waals surface area contributed by atoms with E-state index < -0.39 is 0 Å². The van der Waals surface area contributed by atoms with Gasteiger partial charge in [0.05, 0.1) is 25.0 Å². The van der Waals surface area contributed by atoms with Crippen molar-refractivity contribution >= 4 is 11.7 Å². The minimum absolute atomic E-state index is 0.123. The Morgan fingerprint density at radius 2 is 2.21 bits per heavy atom. The van der Waals surface area contributed by atoms with Gasteiger partial charge < -0.3 is 15.0 Å². The molecule has 1 aliphatic rings. The normalized spacial score (nSPS) is 20.0. The van der Waals surface area contributed by atoms with Crippen LogP contribution in [-0.4, -0.2) is 29.6 Å². The van der Waals surface area contributed by atoms with Crippen LogP contribution in [0.2, 0.25) is 0 Å². The number of urea groups is 1. The highest BCUT2D eigenvalue weighted by Gasteiger charge is 2.34. The maximum absolute atomic E-state index is 13.5. The van der Waals surface area contributed by atoms with Gasteiger partial charge in [-0.25, -0.2) is 14.2 Å². The van der Waals surface area contributed by atoms with Gasteiger partial charge in [-0.2, -0.15) is 0 Å². The molecule has 1 aromatic heterocycles. The smallest absolute Gasteiger partial charge is 0.322 e. The molecule has 2 amide bonds. The second kappa shape index (κ2) is 6.86. The van der Waals surface area contributed by atoms with Crippen LogP contribution in [0.15, 0.2) is 42.6 Å². The molecule has 1 aliphatic heterocycles. The highest BCUT2D eigenvalue weighted by atomic mass is 19.1. The quantitative estimate of drug-likeness (QED) is 0.931. The highest BCUT2D eigenvalue weighted by Crippen LogP contribution is 2.35. The van der Waals surface area contributed by atoms with Crippen LogP contribution in [0.5, 0.6) is 5.88 Å². The third-order valence-electron chi connectivity index (χ3n) is 4.20. The van der Waals surface area contributed by atoms with Gasteiger partial charge in [0.1, 0.15) is 5.82 Å². The molecule has 0 radical (unpaired) electrons. The maximum Gasteiger partial charge on any atom is 0.322 e. The monoisotopic (exact) mass is 329 g/mol. The lowest BCUT2D eigenvalue weighted by Crippen LogP contribution is -2.35. The Balaban J connectivity index is 1.76. The van der Waals surface area contributed by atoms with E-state index in [1.165, 1.54) is 19.2 Å². The molecule has 0 aliphatic carbocycles. The number of pyridine rings is 1. The van der Waals surface area contributed by atoms with Crippen molar-refractivity contribution in [1.29, 1.82) is 0 Å². The van der Waals surface area contributed by atoms with Crippen molar-refractivity contribution in [2.75, 3.05) is 19.0 Å². The highest BCUT2D eigenvalue weighted by molar-refractivity contribution is 5.89. The fourth-order valence-corrected chi connectivity index (χ4v) is 3.07. The molecule has 1 N–H and O–H groups in total. The number of nitrogens with one attached hydrogen (secondary N) is 1. The van der Waals surface area contributed by atoms with Crippen molar-refractivity contribution in [1.82, 2.24) is 9.88 Å². The van der Waals surface area contributed by atoms with Crippen LogP contribution < -0.4 is 10.1 Å². The van der Waals surface area contributed by atoms with E-state index in [-0.39, 0.29) is 17.9 Å². The van der Waals surface area contributed by atoms with Crippen molar-refractivity contribution in [2.24, 2.45) is 5.92 Å². The van der Waals surface area contributed by atoms with Gasteiger partial charge in [-0.05, 0) is 36.1 Å². The van der Waals surface area contributed by atoms with Crippen molar-refractivity contribution in [3.63, 3.8) is 0 Å². The Bertz CT molecular complexity index is 720. The summed E-state index contributed by atoms with van der Waals surface area (Å²) in [4.78, 5) is 18.5. The predicted octanol–water partition coefficient (Wildman–Crippen LogP) is 3.84. The van der Waals surface area contributed by atoms with E-state index in [0.29, 0.717) is 24.0 Å². The number of ether oxygens (including phenoxy) is 1. The van der Waals surface area contributed by atoms with Crippen molar-refractivity contribution in [2.45, 2.75) is 19.4 Å². The van der Waals surface area contributed by atoms with Crippen LogP contribution >= 0.6 is 0 Å². The number of methoxy groups -OCH3 is 1. The lowest BCUT2D eigenvalue weighted by molar-refractivity contribution is 0.206. The predicted molar refractivity (Wildman–Crippen MR) is 89.4 cm³/mol. The van der Waals surface area contributed by atoms with Gasteiger partial charge in [0.25, 0.3) is 0 Å². The first-order valence-electron chi connectivity index (χ1n) is 7.90. The first-order chi connectivity index (χ1) is 11.6. The third-order valence-corrected chi connectivity index (χ3v) is 4.20. The molecule has 1 fully saturated rings. The zero-order valence-corrected chi connectivity index (χ0v) is 13.7. The Hall–Kier alpha value is -2.63. The number of nitrogens with zero attached hydrogens (tertiary/aromatic N) is 2. The maximum atomic E-state index is 13.5. The van der Waals surface area contributed by atoms with E-state index in [9.17, 15) is 9.18 Å². The number of aromatic nitrogens is 1. The van der Waals surface area contributed by atoms with Gasteiger partial charge in [-0.3, -0.25) is 0 Å². The third kappa shape index (κ3) is 3.48. The summed E-state index contributed by atoms with van der Waals surface area (Å²) in [5, 5.41) is 2.85. The van der Waals surface area contributed by atoms with Gasteiger partial charge >= 0.3 is 6.03 Å². The summed E-state index contributed by atoms with van der Waals surface area (Å²) in [6, 6.07) is 9.54. The van der Waals surface area contributed by atoms with Crippen LogP contribution in [0.3, 0.4) is 0 Å².